The van der Waals surface area contributed by atoms with E-state index < -0.39 is 0 Å². The Morgan fingerprint density at radius 1 is 1.26 bits per heavy atom. The van der Waals surface area contributed by atoms with Crippen LogP contribution in [0, 0.1) is 13.8 Å². The lowest BCUT2D eigenvalue weighted by Gasteiger charge is -2.10. The zero-order chi connectivity index (χ0) is 16.8. The van der Waals surface area contributed by atoms with Crippen LogP contribution in [0.15, 0.2) is 22.7 Å². The van der Waals surface area contributed by atoms with Gasteiger partial charge in [0, 0.05) is 23.1 Å². The summed E-state index contributed by atoms with van der Waals surface area (Å²) in [5.74, 6) is 2.97. The first kappa shape index (κ1) is 17.2. The predicted molar refractivity (Wildman–Crippen MR) is 90.3 cm³/mol. The second-order valence-electron chi connectivity index (χ2n) is 4.91. The Morgan fingerprint density at radius 3 is 2.61 bits per heavy atom. The molecule has 2 rings (SSSR count). The second kappa shape index (κ2) is 7.92. The van der Waals surface area contributed by atoms with Gasteiger partial charge in [0.25, 0.3) is 0 Å². The summed E-state index contributed by atoms with van der Waals surface area (Å²) in [6.45, 7) is 3.77. The Kier molecular flexibility index (Phi) is 5.92. The fourth-order valence-electron chi connectivity index (χ4n) is 2.06. The molecule has 0 spiro atoms. The van der Waals surface area contributed by atoms with E-state index in [1.807, 2.05) is 13.8 Å². The van der Waals surface area contributed by atoms with Crippen LogP contribution >= 0.6 is 11.8 Å². The molecule has 0 atom stereocenters. The molecule has 0 saturated carbocycles. The van der Waals surface area contributed by atoms with E-state index in [0.29, 0.717) is 28.7 Å². The van der Waals surface area contributed by atoms with Crippen molar-refractivity contribution in [2.45, 2.75) is 19.6 Å². The summed E-state index contributed by atoms with van der Waals surface area (Å²) in [4.78, 5) is 12.0. The summed E-state index contributed by atoms with van der Waals surface area (Å²) in [7, 11) is 3.13. The van der Waals surface area contributed by atoms with Crippen molar-refractivity contribution >= 4 is 23.4 Å². The molecule has 1 heterocycles. The van der Waals surface area contributed by atoms with Crippen molar-refractivity contribution in [1.29, 1.82) is 0 Å². The Morgan fingerprint density at radius 2 is 2.00 bits per heavy atom. The monoisotopic (exact) mass is 336 g/mol. The Balaban J connectivity index is 1.87. The number of methoxy groups -OCH3 is 2. The smallest absolute Gasteiger partial charge is 0.234 e. The molecule has 1 aromatic carbocycles. The number of carbonyl (C=O) groups is 1. The SMILES string of the molecule is COc1ccc(NC(=O)CSCc2c(C)noc2C)cc1OC. The number of amides is 1. The number of ether oxygens (including phenoxy) is 2. The van der Waals surface area contributed by atoms with Crippen LogP contribution in [0.1, 0.15) is 17.0 Å². The molecule has 0 aliphatic rings. The lowest BCUT2D eigenvalue weighted by molar-refractivity contribution is -0.113. The fourth-order valence-corrected chi connectivity index (χ4v) is 3.04. The lowest BCUT2D eigenvalue weighted by atomic mass is 10.2. The average Bonchev–Trinajstić information content (AvgIpc) is 2.86. The van der Waals surface area contributed by atoms with Gasteiger partial charge < -0.3 is 19.3 Å². The highest BCUT2D eigenvalue weighted by Gasteiger charge is 2.11. The zero-order valence-corrected chi connectivity index (χ0v) is 14.5. The fraction of sp³-hybridized carbons (Fsp3) is 0.375. The minimum atomic E-state index is -0.0750. The Bertz CT molecular complexity index is 665. The summed E-state index contributed by atoms with van der Waals surface area (Å²) >= 11 is 1.52. The zero-order valence-electron chi connectivity index (χ0n) is 13.6. The van der Waals surface area contributed by atoms with Crippen LogP contribution in [0.5, 0.6) is 11.5 Å². The molecular weight excluding hydrogens is 316 g/mol. The van der Waals surface area contributed by atoms with E-state index in [9.17, 15) is 4.79 Å². The minimum Gasteiger partial charge on any atom is -0.493 e. The third-order valence-electron chi connectivity index (χ3n) is 3.33. The molecular formula is C16H20N2O4S. The van der Waals surface area contributed by atoms with E-state index in [1.54, 1.807) is 32.4 Å². The molecule has 0 fully saturated rings. The summed E-state index contributed by atoms with van der Waals surface area (Å²) in [5, 5.41) is 6.75. The van der Waals surface area contributed by atoms with Crippen molar-refractivity contribution in [1.82, 2.24) is 5.16 Å². The number of nitrogens with zero attached hydrogens (tertiary/aromatic N) is 1. The normalized spacial score (nSPS) is 10.4. The van der Waals surface area contributed by atoms with E-state index in [-0.39, 0.29) is 5.91 Å². The molecule has 1 N–H and O–H groups in total. The van der Waals surface area contributed by atoms with Gasteiger partial charge in [0.2, 0.25) is 5.91 Å². The molecule has 0 unspecified atom stereocenters. The van der Waals surface area contributed by atoms with Gasteiger partial charge in [-0.05, 0) is 26.0 Å². The number of hydrogen-bond donors (Lipinski definition) is 1. The molecule has 1 amide bonds. The summed E-state index contributed by atoms with van der Waals surface area (Å²) in [5.41, 5.74) is 2.59. The van der Waals surface area contributed by atoms with Crippen molar-refractivity contribution in [2.75, 3.05) is 25.3 Å². The molecule has 0 aliphatic heterocycles. The summed E-state index contributed by atoms with van der Waals surface area (Å²) in [6, 6.07) is 5.26. The van der Waals surface area contributed by atoms with Gasteiger partial charge in [-0.15, -0.1) is 11.8 Å². The lowest BCUT2D eigenvalue weighted by Crippen LogP contribution is -2.14. The van der Waals surface area contributed by atoms with E-state index >= 15 is 0 Å². The Labute approximate surface area is 139 Å². The molecule has 1 aromatic heterocycles. The van der Waals surface area contributed by atoms with Crippen molar-refractivity contribution in [2.24, 2.45) is 0 Å². The van der Waals surface area contributed by atoms with Crippen LogP contribution in [0.4, 0.5) is 5.69 Å². The Hall–Kier alpha value is -2.15. The van der Waals surface area contributed by atoms with Crippen LogP contribution in [0.25, 0.3) is 0 Å². The van der Waals surface area contributed by atoms with Gasteiger partial charge >= 0.3 is 0 Å². The maximum Gasteiger partial charge on any atom is 0.234 e. The van der Waals surface area contributed by atoms with Crippen molar-refractivity contribution < 1.29 is 18.8 Å². The number of thioether (sulfide) groups is 1. The molecule has 23 heavy (non-hydrogen) atoms. The van der Waals surface area contributed by atoms with Gasteiger partial charge in [-0.25, -0.2) is 0 Å². The van der Waals surface area contributed by atoms with Crippen LogP contribution in [-0.2, 0) is 10.5 Å². The standard InChI is InChI=1S/C16H20N2O4S/c1-10-13(11(2)22-18-10)8-23-9-16(19)17-12-5-6-14(20-3)15(7-12)21-4/h5-7H,8-9H2,1-4H3,(H,17,19). The molecule has 6 nitrogen and oxygen atoms in total. The largest absolute Gasteiger partial charge is 0.493 e. The van der Waals surface area contributed by atoms with Gasteiger partial charge in [-0.3, -0.25) is 4.79 Å². The number of aromatic nitrogens is 1. The molecule has 2 aromatic rings. The number of aryl methyl sites for hydroxylation is 2. The quantitative estimate of drug-likeness (QED) is 0.837. The molecule has 0 saturated heterocycles. The van der Waals surface area contributed by atoms with E-state index in [1.165, 1.54) is 11.8 Å². The van der Waals surface area contributed by atoms with Gasteiger partial charge in [0.15, 0.2) is 11.5 Å². The second-order valence-corrected chi connectivity index (χ2v) is 5.90. The van der Waals surface area contributed by atoms with Crippen molar-refractivity contribution in [3.63, 3.8) is 0 Å². The highest BCUT2D eigenvalue weighted by atomic mass is 32.2. The molecule has 124 valence electrons. The molecule has 0 bridgehead atoms. The third kappa shape index (κ3) is 4.41. The highest BCUT2D eigenvalue weighted by Crippen LogP contribution is 2.29. The summed E-state index contributed by atoms with van der Waals surface area (Å²) < 4.78 is 15.5. The number of anilines is 1. The van der Waals surface area contributed by atoms with Gasteiger partial charge in [0.05, 0.1) is 25.7 Å². The highest BCUT2D eigenvalue weighted by molar-refractivity contribution is 7.99. The van der Waals surface area contributed by atoms with Gasteiger partial charge in [-0.1, -0.05) is 5.16 Å². The van der Waals surface area contributed by atoms with E-state index in [2.05, 4.69) is 10.5 Å². The van der Waals surface area contributed by atoms with Crippen molar-refractivity contribution in [3.8, 4) is 11.5 Å². The van der Waals surface area contributed by atoms with Crippen molar-refractivity contribution in [3.05, 3.63) is 35.2 Å². The average molecular weight is 336 g/mol. The number of hydrogen-bond acceptors (Lipinski definition) is 6. The van der Waals surface area contributed by atoms with Crippen LogP contribution < -0.4 is 14.8 Å². The third-order valence-corrected chi connectivity index (χ3v) is 4.29. The van der Waals surface area contributed by atoms with Gasteiger partial charge in [0.1, 0.15) is 5.76 Å². The number of carbonyl (C=O) groups excluding carboxylic acids is 1. The van der Waals surface area contributed by atoms with E-state index in [4.69, 9.17) is 14.0 Å². The predicted octanol–water partition coefficient (Wildman–Crippen LogP) is 3.18. The summed E-state index contributed by atoms with van der Waals surface area (Å²) in [6.07, 6.45) is 0. The first-order valence-electron chi connectivity index (χ1n) is 7.06. The maximum atomic E-state index is 12.0. The minimum absolute atomic E-state index is 0.0750. The molecule has 0 aliphatic carbocycles. The van der Waals surface area contributed by atoms with Crippen LogP contribution in [-0.4, -0.2) is 31.0 Å². The number of rotatable bonds is 7. The number of nitrogens with one attached hydrogen (secondary N) is 1. The maximum absolute atomic E-state index is 12.0. The first-order chi connectivity index (χ1) is 11.0. The number of benzene rings is 1. The van der Waals surface area contributed by atoms with Gasteiger partial charge in [-0.2, -0.15) is 0 Å². The topological polar surface area (TPSA) is 73.6 Å². The first-order valence-corrected chi connectivity index (χ1v) is 8.22. The van der Waals surface area contributed by atoms with Crippen LogP contribution in [0.2, 0.25) is 0 Å². The molecule has 0 radical (unpaired) electrons. The van der Waals surface area contributed by atoms with E-state index in [0.717, 1.165) is 17.0 Å². The molecule has 7 heteroatoms. The van der Waals surface area contributed by atoms with Crippen LogP contribution in [0.3, 0.4) is 0 Å².